The molecule has 2 rings (SSSR count). The molecule has 0 aromatic heterocycles. The van der Waals surface area contributed by atoms with Gasteiger partial charge in [-0.1, -0.05) is 29.8 Å². The fourth-order valence-electron chi connectivity index (χ4n) is 2.22. The van der Waals surface area contributed by atoms with E-state index in [0.29, 0.717) is 5.02 Å². The average Bonchev–Trinajstić information content (AvgIpc) is 2.47. The molecule has 21 heavy (non-hydrogen) atoms. The van der Waals surface area contributed by atoms with Gasteiger partial charge in [0.05, 0.1) is 12.1 Å². The number of nitrogens with one attached hydrogen (secondary N) is 1. The molecule has 112 valence electrons. The van der Waals surface area contributed by atoms with E-state index in [4.69, 9.17) is 11.6 Å². The van der Waals surface area contributed by atoms with Crippen LogP contribution in [0.2, 0.25) is 5.02 Å². The second-order valence-corrected chi connectivity index (χ2v) is 6.00. The molecule has 0 heterocycles. The predicted octanol–water partition coefficient (Wildman–Crippen LogP) is 3.73. The summed E-state index contributed by atoms with van der Waals surface area (Å²) in [7, 11) is 4.01. The third kappa shape index (κ3) is 3.69. The standard InChI is InChI=1S/C17H21ClN2O/c1-17(12-21,19-15-6-4-5-14(18)11-15)13-7-9-16(10-8-13)20(2)3/h4-11,19,21H,12H2,1-3H3. The van der Waals surface area contributed by atoms with Crippen molar-refractivity contribution in [1.82, 2.24) is 0 Å². The van der Waals surface area contributed by atoms with E-state index in [1.54, 1.807) is 0 Å². The minimum absolute atomic E-state index is 0.0131. The lowest BCUT2D eigenvalue weighted by molar-refractivity contribution is 0.224. The van der Waals surface area contributed by atoms with E-state index in [9.17, 15) is 5.11 Å². The van der Waals surface area contributed by atoms with E-state index in [0.717, 1.165) is 16.9 Å². The summed E-state index contributed by atoms with van der Waals surface area (Å²) in [6.07, 6.45) is 0. The number of hydrogen-bond acceptors (Lipinski definition) is 3. The Kier molecular flexibility index (Phi) is 4.76. The van der Waals surface area contributed by atoms with Gasteiger partial charge < -0.3 is 15.3 Å². The zero-order valence-corrected chi connectivity index (χ0v) is 13.4. The smallest absolute Gasteiger partial charge is 0.0828 e. The highest BCUT2D eigenvalue weighted by molar-refractivity contribution is 6.30. The largest absolute Gasteiger partial charge is 0.394 e. The van der Waals surface area contributed by atoms with Gasteiger partial charge in [-0.15, -0.1) is 0 Å². The average molecular weight is 305 g/mol. The lowest BCUT2D eigenvalue weighted by Gasteiger charge is -2.31. The maximum Gasteiger partial charge on any atom is 0.0828 e. The Hall–Kier alpha value is -1.71. The topological polar surface area (TPSA) is 35.5 Å². The van der Waals surface area contributed by atoms with Crippen LogP contribution < -0.4 is 10.2 Å². The molecule has 0 spiro atoms. The number of aliphatic hydroxyl groups excluding tert-OH is 1. The highest BCUT2D eigenvalue weighted by Crippen LogP contribution is 2.28. The zero-order valence-electron chi connectivity index (χ0n) is 12.6. The summed E-state index contributed by atoms with van der Waals surface area (Å²) < 4.78 is 0. The lowest BCUT2D eigenvalue weighted by Crippen LogP contribution is -2.35. The first-order valence-electron chi connectivity index (χ1n) is 6.87. The van der Waals surface area contributed by atoms with Crippen molar-refractivity contribution in [3.8, 4) is 0 Å². The van der Waals surface area contributed by atoms with Gasteiger partial charge in [-0.3, -0.25) is 0 Å². The molecular formula is C17H21ClN2O. The van der Waals surface area contributed by atoms with Crippen molar-refractivity contribution in [3.63, 3.8) is 0 Å². The second-order valence-electron chi connectivity index (χ2n) is 5.57. The van der Waals surface area contributed by atoms with Gasteiger partial charge in [0, 0.05) is 30.5 Å². The number of halogens is 1. The van der Waals surface area contributed by atoms with Gasteiger partial charge in [0.15, 0.2) is 0 Å². The summed E-state index contributed by atoms with van der Waals surface area (Å²) in [5.41, 5.74) is 2.48. The summed E-state index contributed by atoms with van der Waals surface area (Å²) in [5, 5.41) is 13.9. The summed E-state index contributed by atoms with van der Waals surface area (Å²) in [6, 6.07) is 15.7. The van der Waals surface area contributed by atoms with E-state index in [-0.39, 0.29) is 6.61 Å². The fraction of sp³-hybridized carbons (Fsp3) is 0.294. The fourth-order valence-corrected chi connectivity index (χ4v) is 2.41. The summed E-state index contributed by atoms with van der Waals surface area (Å²) in [4.78, 5) is 2.05. The van der Waals surface area contributed by atoms with E-state index in [2.05, 4.69) is 5.32 Å². The van der Waals surface area contributed by atoms with Crippen LogP contribution in [0.1, 0.15) is 12.5 Å². The van der Waals surface area contributed by atoms with Gasteiger partial charge in [0.1, 0.15) is 0 Å². The van der Waals surface area contributed by atoms with Gasteiger partial charge in [-0.25, -0.2) is 0 Å². The molecule has 2 aromatic rings. The Morgan fingerprint density at radius 1 is 1.14 bits per heavy atom. The van der Waals surface area contributed by atoms with Gasteiger partial charge >= 0.3 is 0 Å². The molecule has 1 atom stereocenters. The Morgan fingerprint density at radius 2 is 1.81 bits per heavy atom. The quantitative estimate of drug-likeness (QED) is 0.883. The monoisotopic (exact) mass is 304 g/mol. The molecule has 0 saturated carbocycles. The van der Waals surface area contributed by atoms with Gasteiger partial charge in [-0.05, 0) is 42.8 Å². The highest BCUT2D eigenvalue weighted by atomic mass is 35.5. The summed E-state index contributed by atoms with van der Waals surface area (Å²) in [6.45, 7) is 1.96. The lowest BCUT2D eigenvalue weighted by atomic mass is 9.92. The van der Waals surface area contributed by atoms with Crippen molar-refractivity contribution in [2.75, 3.05) is 30.9 Å². The third-order valence-corrected chi connectivity index (χ3v) is 3.82. The van der Waals surface area contributed by atoms with E-state index in [1.807, 2.05) is 74.4 Å². The molecule has 0 aliphatic heterocycles. The maximum atomic E-state index is 9.84. The van der Waals surface area contributed by atoms with E-state index in [1.165, 1.54) is 0 Å². The van der Waals surface area contributed by atoms with Crippen molar-refractivity contribution in [2.45, 2.75) is 12.5 Å². The van der Waals surface area contributed by atoms with Crippen molar-refractivity contribution < 1.29 is 5.11 Å². The molecule has 4 heteroatoms. The first-order chi connectivity index (χ1) is 9.94. The molecule has 0 aliphatic rings. The van der Waals surface area contributed by atoms with Crippen LogP contribution >= 0.6 is 11.6 Å². The minimum Gasteiger partial charge on any atom is -0.394 e. The van der Waals surface area contributed by atoms with Crippen LogP contribution in [-0.2, 0) is 5.54 Å². The number of nitrogens with zero attached hydrogens (tertiary/aromatic N) is 1. The van der Waals surface area contributed by atoms with Crippen molar-refractivity contribution in [3.05, 3.63) is 59.1 Å². The summed E-state index contributed by atoms with van der Waals surface area (Å²) in [5.74, 6) is 0. The van der Waals surface area contributed by atoms with Crippen LogP contribution in [0.15, 0.2) is 48.5 Å². The molecule has 0 fully saturated rings. The van der Waals surface area contributed by atoms with Crippen LogP contribution in [0.3, 0.4) is 0 Å². The Balaban J connectivity index is 2.27. The summed E-state index contributed by atoms with van der Waals surface area (Å²) >= 11 is 6.01. The molecule has 0 radical (unpaired) electrons. The molecule has 2 aromatic carbocycles. The van der Waals surface area contributed by atoms with Crippen molar-refractivity contribution >= 4 is 23.0 Å². The van der Waals surface area contributed by atoms with Crippen LogP contribution in [0.4, 0.5) is 11.4 Å². The normalized spacial score (nSPS) is 13.6. The SMILES string of the molecule is CN(C)c1ccc(C(C)(CO)Nc2cccc(Cl)c2)cc1. The Morgan fingerprint density at radius 3 is 2.33 bits per heavy atom. The molecule has 2 N–H and O–H groups in total. The number of aliphatic hydroxyl groups is 1. The Labute approximate surface area is 131 Å². The first kappa shape index (κ1) is 15.7. The molecule has 0 saturated heterocycles. The number of rotatable bonds is 5. The highest BCUT2D eigenvalue weighted by Gasteiger charge is 2.25. The van der Waals surface area contributed by atoms with Crippen LogP contribution in [0.5, 0.6) is 0 Å². The van der Waals surface area contributed by atoms with Gasteiger partial charge in [0.2, 0.25) is 0 Å². The maximum absolute atomic E-state index is 9.84. The first-order valence-corrected chi connectivity index (χ1v) is 7.25. The second kappa shape index (κ2) is 6.37. The molecule has 1 unspecified atom stereocenters. The molecule has 0 amide bonds. The molecule has 0 bridgehead atoms. The van der Waals surface area contributed by atoms with Crippen LogP contribution in [0.25, 0.3) is 0 Å². The van der Waals surface area contributed by atoms with Crippen LogP contribution in [-0.4, -0.2) is 25.8 Å². The predicted molar refractivity (Wildman–Crippen MR) is 90.3 cm³/mol. The minimum atomic E-state index is -0.560. The number of benzene rings is 2. The number of anilines is 2. The van der Waals surface area contributed by atoms with Crippen LogP contribution in [0, 0.1) is 0 Å². The molecular weight excluding hydrogens is 284 g/mol. The zero-order chi connectivity index (χ0) is 15.5. The van der Waals surface area contributed by atoms with Crippen molar-refractivity contribution in [2.24, 2.45) is 0 Å². The third-order valence-electron chi connectivity index (χ3n) is 3.58. The van der Waals surface area contributed by atoms with E-state index < -0.39 is 5.54 Å². The molecule has 3 nitrogen and oxygen atoms in total. The van der Waals surface area contributed by atoms with Gasteiger partial charge in [-0.2, -0.15) is 0 Å². The van der Waals surface area contributed by atoms with E-state index >= 15 is 0 Å². The van der Waals surface area contributed by atoms with Gasteiger partial charge in [0.25, 0.3) is 0 Å². The molecule has 0 aliphatic carbocycles. The number of hydrogen-bond donors (Lipinski definition) is 2. The van der Waals surface area contributed by atoms with Crippen molar-refractivity contribution in [1.29, 1.82) is 0 Å². The Bertz CT molecular complexity index is 598.